The van der Waals surface area contributed by atoms with Gasteiger partial charge in [0.15, 0.2) is 0 Å². The van der Waals surface area contributed by atoms with E-state index >= 15 is 0 Å². The standard InChI is InChI=1S/C18H12F6O4/c1-28-15(26)14-8-10(9-25)2-7-13(14)11-3-5-12(6-4-11)16(27,17(19,20)21)18(22,23)24/h2-9,27H,1H3. The van der Waals surface area contributed by atoms with Crippen LogP contribution >= 0.6 is 0 Å². The molecular formula is C18H12F6O4. The second-order valence-electron chi connectivity index (χ2n) is 5.70. The van der Waals surface area contributed by atoms with Crippen LogP contribution in [0.4, 0.5) is 26.3 Å². The summed E-state index contributed by atoms with van der Waals surface area (Å²) in [4.78, 5) is 22.8. The fourth-order valence-corrected chi connectivity index (χ4v) is 2.54. The fraction of sp³-hybridized carbons (Fsp3) is 0.222. The summed E-state index contributed by atoms with van der Waals surface area (Å²) in [6.45, 7) is 0. The van der Waals surface area contributed by atoms with Gasteiger partial charge in [-0.3, -0.25) is 4.79 Å². The number of carbonyl (C=O) groups excluding carboxylic acids is 2. The van der Waals surface area contributed by atoms with E-state index in [-0.39, 0.29) is 22.3 Å². The Bertz CT molecular complexity index is 870. The molecule has 1 N–H and O–H groups in total. The summed E-state index contributed by atoms with van der Waals surface area (Å²) in [7, 11) is 1.07. The maximum Gasteiger partial charge on any atom is 0.430 e. The summed E-state index contributed by atoms with van der Waals surface area (Å²) in [6, 6.07) is 6.48. The van der Waals surface area contributed by atoms with E-state index in [2.05, 4.69) is 4.74 Å². The van der Waals surface area contributed by atoms with Crippen LogP contribution in [0.1, 0.15) is 26.3 Å². The van der Waals surface area contributed by atoms with Crippen LogP contribution < -0.4 is 0 Å². The first-order valence-electron chi connectivity index (χ1n) is 7.51. The van der Waals surface area contributed by atoms with Crippen molar-refractivity contribution in [3.05, 3.63) is 59.2 Å². The summed E-state index contributed by atoms with van der Waals surface area (Å²) >= 11 is 0. The highest BCUT2D eigenvalue weighted by atomic mass is 19.4. The lowest BCUT2D eigenvalue weighted by Crippen LogP contribution is -2.53. The zero-order valence-electron chi connectivity index (χ0n) is 14.1. The third kappa shape index (κ3) is 3.59. The second-order valence-corrected chi connectivity index (χ2v) is 5.70. The molecule has 0 radical (unpaired) electrons. The van der Waals surface area contributed by atoms with E-state index in [1.807, 2.05) is 0 Å². The fourth-order valence-electron chi connectivity index (χ4n) is 2.54. The van der Waals surface area contributed by atoms with Crippen LogP contribution in [0.15, 0.2) is 42.5 Å². The van der Waals surface area contributed by atoms with E-state index in [1.54, 1.807) is 0 Å². The molecule has 0 bridgehead atoms. The van der Waals surface area contributed by atoms with Crippen molar-refractivity contribution in [2.75, 3.05) is 7.11 Å². The molecule has 0 atom stereocenters. The highest BCUT2D eigenvalue weighted by molar-refractivity contribution is 5.99. The number of rotatable bonds is 4. The van der Waals surface area contributed by atoms with E-state index in [9.17, 15) is 41.0 Å². The number of benzene rings is 2. The van der Waals surface area contributed by atoms with Gasteiger partial charge < -0.3 is 9.84 Å². The van der Waals surface area contributed by atoms with Crippen LogP contribution in [0.2, 0.25) is 0 Å². The van der Waals surface area contributed by atoms with Gasteiger partial charge in [0, 0.05) is 11.1 Å². The average Bonchev–Trinajstić information content (AvgIpc) is 2.64. The molecule has 4 nitrogen and oxygen atoms in total. The number of alkyl halides is 6. The zero-order valence-corrected chi connectivity index (χ0v) is 14.1. The SMILES string of the molecule is COC(=O)c1cc(C=O)ccc1-c1ccc(C(O)(C(F)(F)F)C(F)(F)F)cc1. The largest absolute Gasteiger partial charge is 0.465 e. The molecule has 0 spiro atoms. The molecule has 0 aliphatic rings. The molecule has 2 rings (SSSR count). The van der Waals surface area contributed by atoms with Crippen LogP contribution in [-0.4, -0.2) is 36.8 Å². The predicted octanol–water partition coefficient (Wildman–Crippen LogP) is 4.26. The molecule has 0 fully saturated rings. The molecule has 0 aliphatic heterocycles. The molecule has 28 heavy (non-hydrogen) atoms. The number of carbonyl (C=O) groups is 2. The molecule has 0 unspecified atom stereocenters. The Labute approximate surface area is 154 Å². The number of methoxy groups -OCH3 is 1. The van der Waals surface area contributed by atoms with Gasteiger partial charge >= 0.3 is 18.3 Å². The van der Waals surface area contributed by atoms with Gasteiger partial charge in [-0.1, -0.05) is 36.4 Å². The number of ether oxygens (including phenoxy) is 1. The Morgan fingerprint density at radius 2 is 1.50 bits per heavy atom. The number of aldehydes is 1. The molecule has 0 amide bonds. The second kappa shape index (κ2) is 7.27. The average molecular weight is 406 g/mol. The normalized spacial score (nSPS) is 12.6. The van der Waals surface area contributed by atoms with E-state index in [0.29, 0.717) is 18.4 Å². The van der Waals surface area contributed by atoms with Crippen LogP contribution in [0.3, 0.4) is 0 Å². The van der Waals surface area contributed by atoms with Crippen molar-refractivity contribution in [1.29, 1.82) is 0 Å². The quantitative estimate of drug-likeness (QED) is 0.468. The third-order valence-corrected chi connectivity index (χ3v) is 4.02. The minimum absolute atomic E-state index is 0.0771. The van der Waals surface area contributed by atoms with Crippen molar-refractivity contribution in [2.24, 2.45) is 0 Å². The predicted molar refractivity (Wildman–Crippen MR) is 84.6 cm³/mol. The van der Waals surface area contributed by atoms with Gasteiger partial charge in [-0.25, -0.2) is 4.79 Å². The monoisotopic (exact) mass is 406 g/mol. The molecule has 0 heterocycles. The molecular weight excluding hydrogens is 394 g/mol. The first-order chi connectivity index (χ1) is 12.9. The van der Waals surface area contributed by atoms with E-state index in [1.165, 1.54) is 18.2 Å². The van der Waals surface area contributed by atoms with Gasteiger partial charge in [0.1, 0.15) is 6.29 Å². The van der Waals surface area contributed by atoms with Crippen molar-refractivity contribution in [1.82, 2.24) is 0 Å². The molecule has 2 aromatic carbocycles. The van der Waals surface area contributed by atoms with E-state index in [4.69, 9.17) is 0 Å². The third-order valence-electron chi connectivity index (χ3n) is 4.02. The number of hydrogen-bond acceptors (Lipinski definition) is 4. The Morgan fingerprint density at radius 3 is 1.93 bits per heavy atom. The van der Waals surface area contributed by atoms with Crippen LogP contribution in [0.25, 0.3) is 11.1 Å². The van der Waals surface area contributed by atoms with Crippen LogP contribution in [0.5, 0.6) is 0 Å². The Kier molecular flexibility index (Phi) is 5.56. The van der Waals surface area contributed by atoms with E-state index in [0.717, 1.165) is 19.2 Å². The lowest BCUT2D eigenvalue weighted by molar-refractivity contribution is -0.376. The van der Waals surface area contributed by atoms with Gasteiger partial charge in [-0.2, -0.15) is 26.3 Å². The first kappa shape index (κ1) is 21.4. The van der Waals surface area contributed by atoms with Crippen molar-refractivity contribution in [2.45, 2.75) is 18.0 Å². The number of halogens is 6. The summed E-state index contributed by atoms with van der Waals surface area (Å²) in [5.41, 5.74) is -6.28. The molecule has 0 aliphatic carbocycles. The first-order valence-corrected chi connectivity index (χ1v) is 7.51. The van der Waals surface area contributed by atoms with Crippen molar-refractivity contribution >= 4 is 12.3 Å². The van der Waals surface area contributed by atoms with Gasteiger partial charge in [0.25, 0.3) is 5.60 Å². The summed E-state index contributed by atoms with van der Waals surface area (Å²) in [5.74, 6) is -0.857. The number of aliphatic hydroxyl groups is 1. The highest BCUT2D eigenvalue weighted by Gasteiger charge is 2.71. The van der Waals surface area contributed by atoms with Crippen molar-refractivity contribution in [3.8, 4) is 11.1 Å². The summed E-state index contributed by atoms with van der Waals surface area (Å²) in [5, 5.41) is 9.40. The summed E-state index contributed by atoms with van der Waals surface area (Å²) in [6.07, 6.45) is -11.6. The Hall–Kier alpha value is -2.88. The highest BCUT2D eigenvalue weighted by Crippen LogP contribution is 2.50. The molecule has 0 aromatic heterocycles. The zero-order chi connectivity index (χ0) is 21.3. The minimum Gasteiger partial charge on any atom is -0.465 e. The van der Waals surface area contributed by atoms with Gasteiger partial charge in [0.05, 0.1) is 12.7 Å². The van der Waals surface area contributed by atoms with Crippen molar-refractivity contribution in [3.63, 3.8) is 0 Å². The lowest BCUT2D eigenvalue weighted by atomic mass is 9.90. The summed E-state index contributed by atoms with van der Waals surface area (Å²) < 4.78 is 82.2. The molecule has 0 saturated carbocycles. The molecule has 10 heteroatoms. The number of hydrogen-bond donors (Lipinski definition) is 1. The van der Waals surface area contributed by atoms with Crippen molar-refractivity contribution < 1.29 is 45.8 Å². The Morgan fingerprint density at radius 1 is 0.964 bits per heavy atom. The molecule has 2 aromatic rings. The van der Waals surface area contributed by atoms with Gasteiger partial charge in [0.2, 0.25) is 0 Å². The smallest absolute Gasteiger partial charge is 0.430 e. The maximum absolute atomic E-state index is 12.9. The molecule has 0 saturated heterocycles. The number of esters is 1. The molecule has 150 valence electrons. The Balaban J connectivity index is 2.59. The van der Waals surface area contributed by atoms with E-state index < -0.39 is 29.5 Å². The minimum atomic E-state index is -6.00. The maximum atomic E-state index is 12.9. The van der Waals surface area contributed by atoms with Crippen LogP contribution in [0, 0.1) is 0 Å². The lowest BCUT2D eigenvalue weighted by Gasteiger charge is -2.32. The van der Waals surface area contributed by atoms with Gasteiger partial charge in [-0.05, 0) is 17.2 Å². The van der Waals surface area contributed by atoms with Gasteiger partial charge in [-0.15, -0.1) is 0 Å². The van der Waals surface area contributed by atoms with Crippen LogP contribution in [-0.2, 0) is 10.3 Å². The topological polar surface area (TPSA) is 63.6 Å².